The number of piperazine rings is 1. The fraction of sp³-hybridized carbons (Fsp3) is 0.364. The number of carbonyl (C=O) groups is 1. The predicted molar refractivity (Wildman–Crippen MR) is 122 cm³/mol. The van der Waals surface area contributed by atoms with Crippen molar-refractivity contribution in [2.45, 2.75) is 26.2 Å². The second-order valence-electron chi connectivity index (χ2n) is 7.36. The highest BCUT2D eigenvalue weighted by Gasteiger charge is 2.26. The largest absolute Gasteiger partial charge is 0.397 e. The van der Waals surface area contributed by atoms with E-state index in [0.717, 1.165) is 59.0 Å². The van der Waals surface area contributed by atoms with Crippen LogP contribution in [0.15, 0.2) is 36.4 Å². The van der Waals surface area contributed by atoms with E-state index in [2.05, 4.69) is 17.9 Å². The van der Waals surface area contributed by atoms with Crippen molar-refractivity contribution in [3.8, 4) is 0 Å². The van der Waals surface area contributed by atoms with E-state index in [0.29, 0.717) is 23.7 Å². The number of aryl methyl sites for hydroxylation is 1. The molecule has 5 nitrogen and oxygen atoms in total. The number of amides is 1. The number of nitrogen functional groups attached to an aromatic ring is 1. The molecule has 1 amide bonds. The zero-order valence-electron chi connectivity index (χ0n) is 16.5. The van der Waals surface area contributed by atoms with Gasteiger partial charge in [0.1, 0.15) is 9.71 Å². The van der Waals surface area contributed by atoms with Gasteiger partial charge in [0, 0.05) is 48.0 Å². The summed E-state index contributed by atoms with van der Waals surface area (Å²) >= 11 is 7.52. The lowest BCUT2D eigenvalue weighted by atomic mass is 10.1. The Bertz CT molecular complexity index is 1030. The molecule has 1 aromatic carbocycles. The van der Waals surface area contributed by atoms with Gasteiger partial charge in [-0.1, -0.05) is 31.0 Å². The third-order valence-corrected chi connectivity index (χ3v) is 6.71. The molecule has 0 bridgehead atoms. The summed E-state index contributed by atoms with van der Waals surface area (Å²) in [5.41, 5.74) is 9.04. The quantitative estimate of drug-likeness (QED) is 0.631. The number of hydrogen-bond donors (Lipinski definition) is 1. The van der Waals surface area contributed by atoms with Crippen LogP contribution in [0, 0.1) is 0 Å². The van der Waals surface area contributed by atoms with Crippen LogP contribution >= 0.6 is 22.9 Å². The van der Waals surface area contributed by atoms with Gasteiger partial charge in [0.15, 0.2) is 0 Å². The van der Waals surface area contributed by atoms with Gasteiger partial charge in [-0.2, -0.15) is 0 Å². The van der Waals surface area contributed by atoms with Crippen LogP contribution in [-0.2, 0) is 6.42 Å². The third kappa shape index (κ3) is 4.19. The van der Waals surface area contributed by atoms with E-state index in [-0.39, 0.29) is 5.91 Å². The Hall–Kier alpha value is -2.31. The number of anilines is 2. The smallest absolute Gasteiger partial charge is 0.266 e. The standard InChI is InChI=1S/C22H25ClN4OS/c1-2-3-6-16-8-9-18-19(24)20(29-21(18)25-16)22(28)27-12-10-26(11-13-27)17-7-4-5-15(23)14-17/h4-5,7-9,14H,2-3,6,10-13,24H2,1H3. The summed E-state index contributed by atoms with van der Waals surface area (Å²) in [5.74, 6) is 0.00588. The van der Waals surface area contributed by atoms with Crippen molar-refractivity contribution < 1.29 is 4.79 Å². The Morgan fingerprint density at radius 3 is 2.72 bits per heavy atom. The number of carbonyl (C=O) groups excluding carboxylic acids is 1. The topological polar surface area (TPSA) is 62.5 Å². The maximum atomic E-state index is 13.1. The normalized spacial score (nSPS) is 14.6. The molecule has 152 valence electrons. The molecule has 2 N–H and O–H groups in total. The molecule has 4 rings (SSSR count). The highest BCUT2D eigenvalue weighted by molar-refractivity contribution is 7.21. The van der Waals surface area contributed by atoms with Gasteiger partial charge >= 0.3 is 0 Å². The van der Waals surface area contributed by atoms with Crippen LogP contribution in [0.4, 0.5) is 11.4 Å². The average molecular weight is 429 g/mol. The fourth-order valence-corrected chi connectivity index (χ4v) is 4.94. The summed E-state index contributed by atoms with van der Waals surface area (Å²) in [5, 5.41) is 1.61. The Balaban J connectivity index is 1.48. The summed E-state index contributed by atoms with van der Waals surface area (Å²) in [4.78, 5) is 23.5. The van der Waals surface area contributed by atoms with E-state index < -0.39 is 0 Å². The maximum Gasteiger partial charge on any atom is 0.266 e. The highest BCUT2D eigenvalue weighted by Crippen LogP contribution is 2.34. The zero-order valence-corrected chi connectivity index (χ0v) is 18.1. The number of pyridine rings is 1. The summed E-state index contributed by atoms with van der Waals surface area (Å²) < 4.78 is 0. The molecule has 29 heavy (non-hydrogen) atoms. The molecule has 0 spiro atoms. The summed E-state index contributed by atoms with van der Waals surface area (Å²) in [7, 11) is 0. The molecule has 2 aromatic heterocycles. The minimum atomic E-state index is 0.00588. The van der Waals surface area contributed by atoms with E-state index >= 15 is 0 Å². The van der Waals surface area contributed by atoms with Gasteiger partial charge in [-0.05, 0) is 43.2 Å². The van der Waals surface area contributed by atoms with Crippen molar-refractivity contribution in [3.05, 3.63) is 52.0 Å². The second-order valence-corrected chi connectivity index (χ2v) is 8.80. The molecule has 0 saturated carbocycles. The van der Waals surface area contributed by atoms with Crippen molar-refractivity contribution in [3.63, 3.8) is 0 Å². The Morgan fingerprint density at radius 2 is 2.00 bits per heavy atom. The lowest BCUT2D eigenvalue weighted by molar-refractivity contribution is 0.0752. The van der Waals surface area contributed by atoms with E-state index in [4.69, 9.17) is 22.3 Å². The van der Waals surface area contributed by atoms with E-state index in [1.807, 2.05) is 35.2 Å². The highest BCUT2D eigenvalue weighted by atomic mass is 35.5. The van der Waals surface area contributed by atoms with Gasteiger partial charge in [-0.25, -0.2) is 4.98 Å². The first-order valence-electron chi connectivity index (χ1n) is 10.0. The number of unbranched alkanes of at least 4 members (excludes halogenated alkanes) is 1. The molecule has 3 aromatic rings. The SMILES string of the molecule is CCCCc1ccc2c(N)c(C(=O)N3CCN(c4cccc(Cl)c4)CC3)sc2n1. The lowest BCUT2D eigenvalue weighted by Gasteiger charge is -2.36. The van der Waals surface area contributed by atoms with Gasteiger partial charge in [0.25, 0.3) is 5.91 Å². The number of nitrogens with zero attached hydrogens (tertiary/aromatic N) is 3. The molecule has 1 aliphatic heterocycles. The number of fused-ring (bicyclic) bond motifs is 1. The molecule has 1 saturated heterocycles. The van der Waals surface area contributed by atoms with Crippen LogP contribution in [0.1, 0.15) is 35.1 Å². The van der Waals surface area contributed by atoms with Crippen LogP contribution in [0.5, 0.6) is 0 Å². The molecule has 1 fully saturated rings. The van der Waals surface area contributed by atoms with Crippen molar-refractivity contribution in [1.29, 1.82) is 0 Å². The van der Waals surface area contributed by atoms with Gasteiger partial charge < -0.3 is 15.5 Å². The molecule has 0 aliphatic carbocycles. The van der Waals surface area contributed by atoms with E-state index in [1.54, 1.807) is 0 Å². The van der Waals surface area contributed by atoms with Crippen molar-refractivity contribution in [1.82, 2.24) is 9.88 Å². The van der Waals surface area contributed by atoms with E-state index in [1.165, 1.54) is 11.3 Å². The Kier molecular flexibility index (Phi) is 5.92. The molecule has 0 unspecified atom stereocenters. The molecular formula is C22H25ClN4OS. The maximum absolute atomic E-state index is 13.1. The number of hydrogen-bond acceptors (Lipinski definition) is 5. The van der Waals surface area contributed by atoms with Gasteiger partial charge in [-0.15, -0.1) is 11.3 Å². The first-order valence-corrected chi connectivity index (χ1v) is 11.2. The lowest BCUT2D eigenvalue weighted by Crippen LogP contribution is -2.48. The molecule has 0 atom stereocenters. The molecular weight excluding hydrogens is 404 g/mol. The van der Waals surface area contributed by atoms with Crippen molar-refractivity contribution >= 4 is 50.4 Å². The number of halogens is 1. The average Bonchev–Trinajstić information content (AvgIpc) is 3.07. The molecule has 3 heterocycles. The molecule has 1 aliphatic rings. The van der Waals surface area contributed by atoms with Gasteiger partial charge in [0.05, 0.1) is 5.69 Å². The fourth-order valence-electron chi connectivity index (χ4n) is 3.68. The number of aromatic nitrogens is 1. The summed E-state index contributed by atoms with van der Waals surface area (Å²) in [6.07, 6.45) is 3.21. The number of rotatable bonds is 5. The van der Waals surface area contributed by atoms with Crippen LogP contribution in [0.2, 0.25) is 5.02 Å². The van der Waals surface area contributed by atoms with Gasteiger partial charge in [0.2, 0.25) is 0 Å². The van der Waals surface area contributed by atoms with Crippen LogP contribution in [0.3, 0.4) is 0 Å². The Morgan fingerprint density at radius 1 is 1.21 bits per heavy atom. The first kappa shape index (κ1) is 20.0. The minimum Gasteiger partial charge on any atom is -0.397 e. The number of nitrogens with two attached hydrogens (primary N) is 1. The zero-order chi connectivity index (χ0) is 20.4. The van der Waals surface area contributed by atoms with Crippen LogP contribution in [0.25, 0.3) is 10.2 Å². The minimum absolute atomic E-state index is 0.00588. The number of thiophene rings is 1. The summed E-state index contributed by atoms with van der Waals surface area (Å²) in [6.45, 7) is 5.04. The van der Waals surface area contributed by atoms with Crippen molar-refractivity contribution in [2.24, 2.45) is 0 Å². The number of benzene rings is 1. The second kappa shape index (κ2) is 8.59. The third-order valence-electron chi connectivity index (χ3n) is 5.37. The van der Waals surface area contributed by atoms with Crippen molar-refractivity contribution in [2.75, 3.05) is 36.8 Å². The Labute approximate surface area is 180 Å². The summed E-state index contributed by atoms with van der Waals surface area (Å²) in [6, 6.07) is 11.9. The predicted octanol–water partition coefficient (Wildman–Crippen LogP) is 4.84. The first-order chi connectivity index (χ1) is 14.1. The molecule has 7 heteroatoms. The van der Waals surface area contributed by atoms with Crippen LogP contribution in [-0.4, -0.2) is 42.0 Å². The van der Waals surface area contributed by atoms with Crippen LogP contribution < -0.4 is 10.6 Å². The van der Waals surface area contributed by atoms with Gasteiger partial charge in [-0.3, -0.25) is 4.79 Å². The molecule has 0 radical (unpaired) electrons. The monoisotopic (exact) mass is 428 g/mol. The van der Waals surface area contributed by atoms with E-state index in [9.17, 15) is 4.79 Å².